The minimum absolute atomic E-state index is 0.455. The Kier molecular flexibility index (Phi) is 2.83. The van der Waals surface area contributed by atoms with Gasteiger partial charge in [0.25, 0.3) is 11.7 Å². The SMILES string of the molecule is CNCC=Cc1cccc2c1NC(=O)C2=O. The molecule has 2 N–H and O–H groups in total. The number of ketones is 1. The summed E-state index contributed by atoms with van der Waals surface area (Å²) in [5, 5.41) is 5.56. The highest BCUT2D eigenvalue weighted by Gasteiger charge is 2.28. The zero-order chi connectivity index (χ0) is 11.5. The lowest BCUT2D eigenvalue weighted by Gasteiger charge is -2.01. The minimum atomic E-state index is -0.551. The fourth-order valence-electron chi connectivity index (χ4n) is 1.63. The maximum atomic E-state index is 11.4. The number of amides is 1. The van der Waals surface area contributed by atoms with Crippen molar-refractivity contribution in [1.82, 2.24) is 5.32 Å². The molecule has 1 aliphatic rings. The lowest BCUT2D eigenvalue weighted by atomic mass is 10.1. The number of nitrogens with one attached hydrogen (secondary N) is 2. The van der Waals surface area contributed by atoms with E-state index in [0.29, 0.717) is 11.3 Å². The van der Waals surface area contributed by atoms with Crippen LogP contribution in [-0.4, -0.2) is 25.3 Å². The third kappa shape index (κ3) is 1.75. The number of carbonyl (C=O) groups is 2. The average molecular weight is 216 g/mol. The first-order chi connectivity index (χ1) is 7.74. The van der Waals surface area contributed by atoms with Crippen LogP contribution in [0, 0.1) is 0 Å². The van der Waals surface area contributed by atoms with E-state index in [4.69, 9.17) is 0 Å². The highest BCUT2D eigenvalue weighted by Crippen LogP contribution is 2.27. The molecule has 0 aromatic heterocycles. The van der Waals surface area contributed by atoms with Gasteiger partial charge in [0.2, 0.25) is 0 Å². The van der Waals surface area contributed by atoms with Gasteiger partial charge in [-0.3, -0.25) is 9.59 Å². The zero-order valence-electron chi connectivity index (χ0n) is 8.91. The maximum Gasteiger partial charge on any atom is 0.296 e. The van der Waals surface area contributed by atoms with E-state index >= 15 is 0 Å². The molecular weight excluding hydrogens is 204 g/mol. The van der Waals surface area contributed by atoms with Gasteiger partial charge >= 0.3 is 0 Å². The average Bonchev–Trinajstić information content (AvgIpc) is 2.57. The fourth-order valence-corrected chi connectivity index (χ4v) is 1.63. The molecule has 0 fully saturated rings. The van der Waals surface area contributed by atoms with Crippen LogP contribution in [0.1, 0.15) is 15.9 Å². The molecule has 1 aromatic carbocycles. The Morgan fingerprint density at radius 3 is 2.94 bits per heavy atom. The van der Waals surface area contributed by atoms with Gasteiger partial charge in [0.15, 0.2) is 0 Å². The van der Waals surface area contributed by atoms with Gasteiger partial charge in [-0.1, -0.05) is 24.3 Å². The zero-order valence-corrected chi connectivity index (χ0v) is 8.91. The number of benzene rings is 1. The van der Waals surface area contributed by atoms with Crippen LogP contribution >= 0.6 is 0 Å². The topological polar surface area (TPSA) is 58.2 Å². The Morgan fingerprint density at radius 1 is 1.38 bits per heavy atom. The third-order valence-corrected chi connectivity index (χ3v) is 2.41. The molecule has 0 saturated heterocycles. The normalized spacial score (nSPS) is 14.3. The van der Waals surface area contributed by atoms with Gasteiger partial charge in [-0.2, -0.15) is 0 Å². The van der Waals surface area contributed by atoms with Crippen LogP contribution in [0.15, 0.2) is 24.3 Å². The molecule has 1 aliphatic heterocycles. The first-order valence-electron chi connectivity index (χ1n) is 5.04. The van der Waals surface area contributed by atoms with Gasteiger partial charge in [0.1, 0.15) is 0 Å². The van der Waals surface area contributed by atoms with Crippen molar-refractivity contribution >= 4 is 23.5 Å². The monoisotopic (exact) mass is 216 g/mol. The molecule has 16 heavy (non-hydrogen) atoms. The molecule has 2 rings (SSSR count). The predicted octanol–water partition coefficient (Wildman–Crippen LogP) is 1.05. The summed E-state index contributed by atoms with van der Waals surface area (Å²) in [4.78, 5) is 22.6. The molecule has 1 heterocycles. The number of fused-ring (bicyclic) bond motifs is 1. The van der Waals surface area contributed by atoms with Crippen molar-refractivity contribution < 1.29 is 9.59 Å². The second-order valence-corrected chi connectivity index (χ2v) is 3.51. The lowest BCUT2D eigenvalue weighted by molar-refractivity contribution is -0.112. The molecule has 0 radical (unpaired) electrons. The smallest absolute Gasteiger partial charge is 0.296 e. The van der Waals surface area contributed by atoms with Gasteiger partial charge in [-0.15, -0.1) is 0 Å². The van der Waals surface area contributed by atoms with Crippen molar-refractivity contribution in [3.05, 3.63) is 35.4 Å². The van der Waals surface area contributed by atoms with E-state index in [9.17, 15) is 9.59 Å². The van der Waals surface area contributed by atoms with Gasteiger partial charge in [-0.25, -0.2) is 0 Å². The number of rotatable bonds is 3. The van der Waals surface area contributed by atoms with Crippen LogP contribution < -0.4 is 10.6 Å². The second-order valence-electron chi connectivity index (χ2n) is 3.51. The Morgan fingerprint density at radius 2 is 2.19 bits per heavy atom. The minimum Gasteiger partial charge on any atom is -0.318 e. The second kappa shape index (κ2) is 4.28. The number of hydrogen-bond donors (Lipinski definition) is 2. The summed E-state index contributed by atoms with van der Waals surface area (Å²) in [6.07, 6.45) is 3.82. The van der Waals surface area contributed by atoms with E-state index in [1.54, 1.807) is 12.1 Å². The number of anilines is 1. The van der Waals surface area contributed by atoms with Crippen molar-refractivity contribution in [3.8, 4) is 0 Å². The van der Waals surface area contributed by atoms with Gasteiger partial charge in [-0.05, 0) is 18.7 Å². The summed E-state index contributed by atoms with van der Waals surface area (Å²) in [7, 11) is 1.85. The Bertz CT molecular complexity index is 478. The molecule has 1 amide bonds. The van der Waals surface area contributed by atoms with Crippen molar-refractivity contribution in [1.29, 1.82) is 0 Å². The highest BCUT2D eigenvalue weighted by molar-refractivity contribution is 6.52. The Hall–Kier alpha value is -1.94. The highest BCUT2D eigenvalue weighted by atomic mass is 16.2. The molecule has 0 aliphatic carbocycles. The molecule has 82 valence electrons. The number of likely N-dealkylation sites (N-methyl/N-ethyl adjacent to an activating group) is 1. The molecule has 0 bridgehead atoms. The molecule has 1 aromatic rings. The van der Waals surface area contributed by atoms with Crippen LogP contribution in [0.5, 0.6) is 0 Å². The molecule has 0 saturated carbocycles. The number of para-hydroxylation sites is 1. The molecule has 4 nitrogen and oxygen atoms in total. The number of Topliss-reactive ketones (excluding diaryl/α,β-unsaturated/α-hetero) is 1. The first-order valence-corrected chi connectivity index (χ1v) is 5.04. The van der Waals surface area contributed by atoms with Crippen LogP contribution in [0.4, 0.5) is 5.69 Å². The standard InChI is InChI=1S/C12H12N2O2/c1-13-7-3-5-8-4-2-6-9-10(8)14-12(16)11(9)15/h2-6,13H,7H2,1H3,(H,14,15,16). The van der Waals surface area contributed by atoms with E-state index in [1.165, 1.54) is 0 Å². The van der Waals surface area contributed by atoms with Crippen LogP contribution in [0.25, 0.3) is 6.08 Å². The quantitative estimate of drug-likeness (QED) is 0.742. The third-order valence-electron chi connectivity index (χ3n) is 2.41. The van der Waals surface area contributed by atoms with E-state index in [-0.39, 0.29) is 0 Å². The summed E-state index contributed by atoms with van der Waals surface area (Å²) >= 11 is 0. The summed E-state index contributed by atoms with van der Waals surface area (Å²) in [5.74, 6) is -1.01. The molecule has 4 heteroatoms. The van der Waals surface area contributed by atoms with Crippen molar-refractivity contribution in [3.63, 3.8) is 0 Å². The predicted molar refractivity (Wildman–Crippen MR) is 62.4 cm³/mol. The Balaban J connectivity index is 2.36. The lowest BCUT2D eigenvalue weighted by Crippen LogP contribution is -2.12. The van der Waals surface area contributed by atoms with E-state index in [2.05, 4.69) is 10.6 Å². The van der Waals surface area contributed by atoms with Gasteiger partial charge in [0, 0.05) is 6.54 Å². The van der Waals surface area contributed by atoms with Gasteiger partial charge < -0.3 is 10.6 Å². The van der Waals surface area contributed by atoms with Crippen LogP contribution in [0.2, 0.25) is 0 Å². The van der Waals surface area contributed by atoms with Crippen molar-refractivity contribution in [2.75, 3.05) is 18.9 Å². The van der Waals surface area contributed by atoms with Crippen LogP contribution in [-0.2, 0) is 4.79 Å². The first kappa shape index (κ1) is 10.6. The molecule has 0 spiro atoms. The van der Waals surface area contributed by atoms with Crippen LogP contribution in [0.3, 0.4) is 0 Å². The summed E-state index contributed by atoms with van der Waals surface area (Å²) in [6.45, 7) is 0.742. The van der Waals surface area contributed by atoms with E-state index < -0.39 is 11.7 Å². The maximum absolute atomic E-state index is 11.4. The van der Waals surface area contributed by atoms with E-state index in [1.807, 2.05) is 25.3 Å². The molecule has 0 atom stereocenters. The summed E-state index contributed by atoms with van der Waals surface area (Å²) < 4.78 is 0. The summed E-state index contributed by atoms with van der Waals surface area (Å²) in [5.41, 5.74) is 1.92. The van der Waals surface area contributed by atoms with Gasteiger partial charge in [0.05, 0.1) is 11.3 Å². The van der Waals surface area contributed by atoms with Crippen molar-refractivity contribution in [2.45, 2.75) is 0 Å². The van der Waals surface area contributed by atoms with Crippen molar-refractivity contribution in [2.24, 2.45) is 0 Å². The Labute approximate surface area is 93.3 Å². The number of hydrogen-bond acceptors (Lipinski definition) is 3. The fraction of sp³-hybridized carbons (Fsp3) is 0.167. The number of carbonyl (C=O) groups excluding carboxylic acids is 2. The van der Waals surface area contributed by atoms with E-state index in [0.717, 1.165) is 12.1 Å². The molecule has 0 unspecified atom stereocenters. The largest absolute Gasteiger partial charge is 0.318 e. The summed E-state index contributed by atoms with van der Waals surface area (Å²) in [6, 6.07) is 5.30. The molecular formula is C12H12N2O2.